The molecular formula is C20H30N4O4. The van der Waals surface area contributed by atoms with Gasteiger partial charge < -0.3 is 14.5 Å². The van der Waals surface area contributed by atoms with Gasteiger partial charge in [-0.25, -0.2) is 4.79 Å². The van der Waals surface area contributed by atoms with Crippen LogP contribution >= 0.6 is 0 Å². The molecule has 2 atom stereocenters. The molecule has 0 radical (unpaired) electrons. The van der Waals surface area contributed by atoms with Crippen LogP contribution in [0.5, 0.6) is 0 Å². The van der Waals surface area contributed by atoms with Crippen molar-refractivity contribution in [2.24, 2.45) is 0 Å². The standard InChI is InChI=1S/C20H30N4O4/c1-14-10-21(18-12-22(13-18)19(25)28-20(3,4)5)11-15(2)23(14)16-6-8-17(9-7-16)24(26)27/h6-9,14-15,18H,10-13H2,1-5H3/t14-,15-/m0/s1. The summed E-state index contributed by atoms with van der Waals surface area (Å²) < 4.78 is 5.43. The summed E-state index contributed by atoms with van der Waals surface area (Å²) in [7, 11) is 0. The molecule has 0 saturated carbocycles. The Balaban J connectivity index is 1.57. The lowest BCUT2D eigenvalue weighted by Gasteiger charge is -2.52. The largest absolute Gasteiger partial charge is 0.444 e. The third-order valence-corrected chi connectivity index (χ3v) is 5.34. The van der Waals surface area contributed by atoms with Gasteiger partial charge in [0.1, 0.15) is 5.60 Å². The molecule has 0 spiro atoms. The summed E-state index contributed by atoms with van der Waals surface area (Å²) in [5.74, 6) is 0. The smallest absolute Gasteiger partial charge is 0.410 e. The number of amides is 1. The minimum absolute atomic E-state index is 0.111. The number of carbonyl (C=O) groups is 1. The molecule has 28 heavy (non-hydrogen) atoms. The molecule has 0 unspecified atom stereocenters. The van der Waals surface area contributed by atoms with Crippen LogP contribution < -0.4 is 4.90 Å². The molecule has 8 heteroatoms. The van der Waals surface area contributed by atoms with E-state index in [4.69, 9.17) is 4.74 Å². The van der Waals surface area contributed by atoms with E-state index in [-0.39, 0.29) is 28.8 Å². The number of nitrogens with zero attached hydrogens (tertiary/aromatic N) is 4. The number of ether oxygens (including phenoxy) is 1. The number of anilines is 1. The Hall–Kier alpha value is -2.35. The van der Waals surface area contributed by atoms with E-state index in [1.807, 2.05) is 32.9 Å². The number of rotatable bonds is 3. The fraction of sp³-hybridized carbons (Fsp3) is 0.650. The van der Waals surface area contributed by atoms with E-state index < -0.39 is 5.60 Å². The molecule has 154 valence electrons. The molecule has 1 aromatic rings. The Kier molecular flexibility index (Phi) is 5.52. The minimum Gasteiger partial charge on any atom is -0.444 e. The number of likely N-dealkylation sites (tertiary alicyclic amines) is 1. The number of nitro benzene ring substituents is 1. The van der Waals surface area contributed by atoms with Gasteiger partial charge in [0.2, 0.25) is 0 Å². The van der Waals surface area contributed by atoms with Crippen LogP contribution in [0.4, 0.5) is 16.2 Å². The highest BCUT2D eigenvalue weighted by molar-refractivity contribution is 5.69. The van der Waals surface area contributed by atoms with E-state index in [0.717, 1.165) is 18.8 Å². The minimum atomic E-state index is -0.471. The molecular weight excluding hydrogens is 360 g/mol. The van der Waals surface area contributed by atoms with E-state index in [1.54, 1.807) is 17.0 Å². The molecule has 0 aliphatic carbocycles. The monoisotopic (exact) mass is 390 g/mol. The van der Waals surface area contributed by atoms with Crippen LogP contribution in [-0.2, 0) is 4.74 Å². The molecule has 0 aromatic heterocycles. The summed E-state index contributed by atoms with van der Waals surface area (Å²) >= 11 is 0. The second kappa shape index (κ2) is 7.58. The molecule has 2 fully saturated rings. The fourth-order valence-corrected chi connectivity index (χ4v) is 4.08. The predicted molar refractivity (Wildman–Crippen MR) is 108 cm³/mol. The summed E-state index contributed by atoms with van der Waals surface area (Å²) in [5, 5.41) is 10.9. The van der Waals surface area contributed by atoms with Gasteiger partial charge in [-0.15, -0.1) is 0 Å². The lowest BCUT2D eigenvalue weighted by Crippen LogP contribution is -2.67. The first kappa shape index (κ1) is 20.4. The zero-order valence-electron chi connectivity index (χ0n) is 17.3. The molecule has 3 rings (SSSR count). The highest BCUT2D eigenvalue weighted by atomic mass is 16.6. The Morgan fingerprint density at radius 3 is 2.07 bits per heavy atom. The molecule has 8 nitrogen and oxygen atoms in total. The van der Waals surface area contributed by atoms with Crippen molar-refractivity contribution in [2.75, 3.05) is 31.1 Å². The van der Waals surface area contributed by atoms with E-state index in [2.05, 4.69) is 23.6 Å². The van der Waals surface area contributed by atoms with Gasteiger partial charge in [-0.3, -0.25) is 15.0 Å². The van der Waals surface area contributed by atoms with Crippen LogP contribution in [0.2, 0.25) is 0 Å². The number of piperazine rings is 1. The van der Waals surface area contributed by atoms with E-state index in [0.29, 0.717) is 19.1 Å². The van der Waals surface area contributed by atoms with Crippen molar-refractivity contribution in [3.05, 3.63) is 34.4 Å². The zero-order chi connectivity index (χ0) is 20.6. The summed E-state index contributed by atoms with van der Waals surface area (Å²) in [6.07, 6.45) is -0.241. The van der Waals surface area contributed by atoms with Crippen molar-refractivity contribution in [2.45, 2.75) is 58.3 Å². The lowest BCUT2D eigenvalue weighted by molar-refractivity contribution is -0.384. The first-order valence-electron chi connectivity index (χ1n) is 9.80. The fourth-order valence-electron chi connectivity index (χ4n) is 4.08. The van der Waals surface area contributed by atoms with Crippen molar-refractivity contribution >= 4 is 17.5 Å². The molecule has 2 saturated heterocycles. The van der Waals surface area contributed by atoms with Gasteiger partial charge in [-0.05, 0) is 46.8 Å². The highest BCUT2D eigenvalue weighted by Gasteiger charge is 2.41. The van der Waals surface area contributed by atoms with Gasteiger partial charge in [0, 0.05) is 62.1 Å². The number of non-ortho nitro benzene ring substituents is 1. The number of benzene rings is 1. The molecule has 0 bridgehead atoms. The average Bonchev–Trinajstić information content (AvgIpc) is 2.51. The maximum Gasteiger partial charge on any atom is 0.410 e. The van der Waals surface area contributed by atoms with Gasteiger partial charge in [0.05, 0.1) is 4.92 Å². The number of nitro groups is 1. The number of carbonyl (C=O) groups excluding carboxylic acids is 1. The first-order valence-corrected chi connectivity index (χ1v) is 9.80. The van der Waals surface area contributed by atoms with Crippen molar-refractivity contribution in [1.82, 2.24) is 9.80 Å². The van der Waals surface area contributed by atoms with Gasteiger partial charge in [-0.2, -0.15) is 0 Å². The van der Waals surface area contributed by atoms with Crippen LogP contribution in [0, 0.1) is 10.1 Å². The number of hydrogen-bond donors (Lipinski definition) is 0. The van der Waals surface area contributed by atoms with Crippen LogP contribution in [0.1, 0.15) is 34.6 Å². The maximum absolute atomic E-state index is 12.1. The summed E-state index contributed by atoms with van der Waals surface area (Å²) in [6, 6.07) is 7.69. The van der Waals surface area contributed by atoms with Gasteiger partial charge in [0.25, 0.3) is 5.69 Å². The molecule has 2 aliphatic heterocycles. The molecule has 1 aromatic carbocycles. The van der Waals surface area contributed by atoms with Gasteiger partial charge >= 0.3 is 6.09 Å². The lowest BCUT2D eigenvalue weighted by atomic mass is 10.0. The van der Waals surface area contributed by atoms with Crippen molar-refractivity contribution < 1.29 is 14.5 Å². The first-order chi connectivity index (χ1) is 13.0. The highest BCUT2D eigenvalue weighted by Crippen LogP contribution is 2.29. The average molecular weight is 390 g/mol. The quantitative estimate of drug-likeness (QED) is 0.583. The van der Waals surface area contributed by atoms with Crippen LogP contribution in [0.3, 0.4) is 0 Å². The van der Waals surface area contributed by atoms with Gasteiger partial charge in [0.15, 0.2) is 0 Å². The predicted octanol–water partition coefficient (Wildman–Crippen LogP) is 3.11. The summed E-state index contributed by atoms with van der Waals surface area (Å²) in [4.78, 5) is 29.2. The van der Waals surface area contributed by atoms with Gasteiger partial charge in [-0.1, -0.05) is 0 Å². The Morgan fingerprint density at radius 2 is 1.61 bits per heavy atom. The molecule has 1 amide bonds. The van der Waals surface area contributed by atoms with Crippen molar-refractivity contribution in [3.63, 3.8) is 0 Å². The maximum atomic E-state index is 12.1. The Labute approximate surface area is 166 Å². The van der Waals surface area contributed by atoms with E-state index in [1.165, 1.54) is 0 Å². The topological polar surface area (TPSA) is 79.2 Å². The second-order valence-electron chi connectivity index (χ2n) is 8.87. The SMILES string of the molecule is C[C@H]1CN(C2CN(C(=O)OC(C)(C)C)C2)C[C@H](C)N1c1ccc([N+](=O)[O-])cc1. The summed E-state index contributed by atoms with van der Waals surface area (Å²) in [6.45, 7) is 13.2. The Bertz CT molecular complexity index is 713. The van der Waals surface area contributed by atoms with Crippen molar-refractivity contribution in [3.8, 4) is 0 Å². The van der Waals surface area contributed by atoms with Crippen LogP contribution in [0.15, 0.2) is 24.3 Å². The Morgan fingerprint density at radius 1 is 1.07 bits per heavy atom. The third kappa shape index (κ3) is 4.38. The van der Waals surface area contributed by atoms with Crippen LogP contribution in [-0.4, -0.2) is 70.7 Å². The summed E-state index contributed by atoms with van der Waals surface area (Å²) in [5.41, 5.74) is 0.648. The third-order valence-electron chi connectivity index (χ3n) is 5.34. The normalized spacial score (nSPS) is 24.0. The van der Waals surface area contributed by atoms with Crippen molar-refractivity contribution in [1.29, 1.82) is 0 Å². The number of hydrogen-bond acceptors (Lipinski definition) is 6. The molecule has 2 heterocycles. The van der Waals surface area contributed by atoms with E-state index in [9.17, 15) is 14.9 Å². The second-order valence-corrected chi connectivity index (χ2v) is 8.87. The molecule has 0 N–H and O–H groups in total. The molecule has 2 aliphatic rings. The zero-order valence-corrected chi connectivity index (χ0v) is 17.3. The van der Waals surface area contributed by atoms with E-state index >= 15 is 0 Å². The van der Waals surface area contributed by atoms with Crippen LogP contribution in [0.25, 0.3) is 0 Å².